The van der Waals surface area contributed by atoms with Crippen molar-refractivity contribution in [2.45, 2.75) is 32.6 Å². The Morgan fingerprint density at radius 2 is 2.20 bits per heavy atom. The van der Waals surface area contributed by atoms with Gasteiger partial charge in [-0.15, -0.1) is 0 Å². The fraction of sp³-hybridized carbons (Fsp3) is 1.00. The Hall–Kier alpha value is -0.130. The van der Waals surface area contributed by atoms with Crippen LogP contribution in [-0.4, -0.2) is 38.7 Å². The maximum absolute atomic E-state index is 10.8. The molecule has 0 radical (unpaired) electrons. The highest BCUT2D eigenvalue weighted by Crippen LogP contribution is 2.18. The molecule has 1 heterocycles. The predicted molar refractivity (Wildman–Crippen MR) is 62.0 cm³/mol. The molecule has 0 aromatic rings. The van der Waals surface area contributed by atoms with Gasteiger partial charge in [-0.3, -0.25) is 0 Å². The Bertz CT molecular complexity index is 277. The third-order valence-electron chi connectivity index (χ3n) is 3.08. The number of hydrogen-bond donors (Lipinski definition) is 1. The molecule has 1 saturated heterocycles. The van der Waals surface area contributed by atoms with E-state index in [0.717, 1.165) is 25.6 Å². The van der Waals surface area contributed by atoms with Crippen molar-refractivity contribution in [1.82, 2.24) is 4.90 Å². The Kier molecular flexibility index (Phi) is 5.02. The fourth-order valence-corrected chi connectivity index (χ4v) is 2.71. The number of nitrogens with zero attached hydrogens (tertiary/aromatic N) is 1. The highest BCUT2D eigenvalue weighted by molar-refractivity contribution is 7.89. The second kappa shape index (κ2) is 5.82. The summed E-state index contributed by atoms with van der Waals surface area (Å²) in [5, 5.41) is 4.96. The van der Waals surface area contributed by atoms with Crippen molar-refractivity contribution in [1.29, 1.82) is 0 Å². The third kappa shape index (κ3) is 5.49. The lowest BCUT2D eigenvalue weighted by molar-refractivity contribution is 0.172. The zero-order chi connectivity index (χ0) is 11.3. The van der Waals surface area contributed by atoms with Crippen molar-refractivity contribution in [3.63, 3.8) is 0 Å². The van der Waals surface area contributed by atoms with Gasteiger partial charge < -0.3 is 4.90 Å². The molecule has 4 nitrogen and oxygen atoms in total. The van der Waals surface area contributed by atoms with E-state index in [1.807, 2.05) is 0 Å². The second-order valence-corrected chi connectivity index (χ2v) is 6.17. The molecule has 2 N–H and O–H groups in total. The van der Waals surface area contributed by atoms with E-state index in [9.17, 15) is 8.42 Å². The van der Waals surface area contributed by atoms with Gasteiger partial charge in [0.25, 0.3) is 0 Å². The van der Waals surface area contributed by atoms with Gasteiger partial charge in [0, 0.05) is 6.54 Å². The number of rotatable bonds is 5. The summed E-state index contributed by atoms with van der Waals surface area (Å²) in [7, 11) is -3.27. The number of piperidine rings is 1. The quantitative estimate of drug-likeness (QED) is 0.765. The molecule has 0 aromatic heterocycles. The van der Waals surface area contributed by atoms with Crippen molar-refractivity contribution in [3.05, 3.63) is 0 Å². The van der Waals surface area contributed by atoms with Crippen LogP contribution >= 0.6 is 0 Å². The Morgan fingerprint density at radius 3 is 2.80 bits per heavy atom. The number of hydrogen-bond acceptors (Lipinski definition) is 3. The van der Waals surface area contributed by atoms with E-state index < -0.39 is 10.0 Å². The Labute approximate surface area is 92.9 Å². The maximum Gasteiger partial charge on any atom is 0.209 e. The number of sulfonamides is 1. The van der Waals surface area contributed by atoms with E-state index >= 15 is 0 Å². The lowest BCUT2D eigenvalue weighted by Gasteiger charge is -2.32. The first kappa shape index (κ1) is 12.9. The molecule has 90 valence electrons. The maximum atomic E-state index is 10.8. The molecule has 0 amide bonds. The normalized spacial score (nSPS) is 24.3. The number of nitrogens with two attached hydrogens (primary N) is 1. The number of likely N-dealkylation sites (tertiary alicyclic amines) is 1. The summed E-state index contributed by atoms with van der Waals surface area (Å²) in [5.41, 5.74) is 0. The Morgan fingerprint density at radius 1 is 1.47 bits per heavy atom. The molecule has 1 rings (SSSR count). The van der Waals surface area contributed by atoms with E-state index in [0.29, 0.717) is 6.42 Å². The molecule has 0 aliphatic carbocycles. The van der Waals surface area contributed by atoms with Gasteiger partial charge in [0.15, 0.2) is 0 Å². The minimum absolute atomic E-state index is 0.111. The smallest absolute Gasteiger partial charge is 0.209 e. The first-order valence-electron chi connectivity index (χ1n) is 5.74. The third-order valence-corrected chi connectivity index (χ3v) is 3.94. The van der Waals surface area contributed by atoms with E-state index in [2.05, 4.69) is 11.8 Å². The molecule has 0 saturated carbocycles. The van der Waals surface area contributed by atoms with Crippen LogP contribution in [0.5, 0.6) is 0 Å². The lowest BCUT2D eigenvalue weighted by atomic mass is 9.96. The molecule has 0 bridgehead atoms. The first-order valence-corrected chi connectivity index (χ1v) is 7.45. The fourth-order valence-electron chi connectivity index (χ4n) is 2.18. The minimum atomic E-state index is -3.27. The molecule has 0 aromatic carbocycles. The highest BCUT2D eigenvalue weighted by Gasteiger charge is 2.18. The van der Waals surface area contributed by atoms with Crippen LogP contribution in [0.2, 0.25) is 0 Å². The lowest BCUT2D eigenvalue weighted by Crippen LogP contribution is -2.36. The van der Waals surface area contributed by atoms with Gasteiger partial charge >= 0.3 is 0 Å². The average Bonchev–Trinajstić information content (AvgIpc) is 2.16. The molecule has 5 heteroatoms. The molecule has 0 spiro atoms. The van der Waals surface area contributed by atoms with Crippen molar-refractivity contribution >= 4 is 10.0 Å². The molecule has 1 unspecified atom stereocenters. The first-order chi connectivity index (χ1) is 7.01. The topological polar surface area (TPSA) is 63.4 Å². The zero-order valence-corrected chi connectivity index (χ0v) is 10.3. The van der Waals surface area contributed by atoms with Crippen LogP contribution in [0.1, 0.15) is 32.6 Å². The van der Waals surface area contributed by atoms with Crippen LogP contribution < -0.4 is 5.14 Å². The van der Waals surface area contributed by atoms with E-state index in [4.69, 9.17) is 5.14 Å². The minimum Gasteiger partial charge on any atom is -0.303 e. The summed E-state index contributed by atoms with van der Waals surface area (Å²) in [6.07, 6.45) is 4.46. The van der Waals surface area contributed by atoms with Gasteiger partial charge in [-0.25, -0.2) is 13.6 Å². The zero-order valence-electron chi connectivity index (χ0n) is 9.48. The summed E-state index contributed by atoms with van der Waals surface area (Å²) >= 11 is 0. The van der Waals surface area contributed by atoms with Crippen molar-refractivity contribution in [2.24, 2.45) is 11.1 Å². The average molecular weight is 234 g/mol. The van der Waals surface area contributed by atoms with Gasteiger partial charge in [0.05, 0.1) is 5.75 Å². The van der Waals surface area contributed by atoms with E-state index in [-0.39, 0.29) is 5.75 Å². The van der Waals surface area contributed by atoms with Crippen LogP contribution in [0.25, 0.3) is 0 Å². The van der Waals surface area contributed by atoms with Crippen molar-refractivity contribution in [3.8, 4) is 0 Å². The van der Waals surface area contributed by atoms with E-state index in [1.54, 1.807) is 0 Å². The van der Waals surface area contributed by atoms with Crippen LogP contribution in [0, 0.1) is 5.92 Å². The molecule has 1 atom stereocenters. The molecule has 1 aliphatic heterocycles. The highest BCUT2D eigenvalue weighted by atomic mass is 32.2. The number of primary sulfonamides is 1. The van der Waals surface area contributed by atoms with Gasteiger partial charge in [-0.1, -0.05) is 13.3 Å². The van der Waals surface area contributed by atoms with Gasteiger partial charge in [0.1, 0.15) is 0 Å². The SMILES string of the molecule is CCC1CCCN(CCCS(N)(=O)=O)C1. The van der Waals surface area contributed by atoms with E-state index in [1.165, 1.54) is 19.3 Å². The predicted octanol–water partition coefficient (Wildman–Crippen LogP) is 0.787. The van der Waals surface area contributed by atoms with Gasteiger partial charge in [0.2, 0.25) is 10.0 Å². The second-order valence-electron chi connectivity index (χ2n) is 4.44. The molecular weight excluding hydrogens is 212 g/mol. The summed E-state index contributed by atoms with van der Waals surface area (Å²) in [6, 6.07) is 0. The Balaban J connectivity index is 2.21. The van der Waals surface area contributed by atoms with Gasteiger partial charge in [-0.05, 0) is 38.3 Å². The summed E-state index contributed by atoms with van der Waals surface area (Å²) < 4.78 is 21.5. The molecular formula is C10H22N2O2S. The summed E-state index contributed by atoms with van der Waals surface area (Å²) in [4.78, 5) is 2.36. The van der Waals surface area contributed by atoms with Crippen LogP contribution in [0.4, 0.5) is 0 Å². The largest absolute Gasteiger partial charge is 0.303 e. The molecule has 15 heavy (non-hydrogen) atoms. The van der Waals surface area contributed by atoms with Crippen LogP contribution in [0.15, 0.2) is 0 Å². The standard InChI is InChI=1S/C10H22N2O2S/c1-2-10-5-3-6-12(9-10)7-4-8-15(11,13)14/h10H,2-9H2,1H3,(H2,11,13,14). The van der Waals surface area contributed by atoms with Crippen molar-refractivity contribution < 1.29 is 8.42 Å². The monoisotopic (exact) mass is 234 g/mol. The van der Waals surface area contributed by atoms with Gasteiger partial charge in [-0.2, -0.15) is 0 Å². The van der Waals surface area contributed by atoms with Crippen LogP contribution in [0.3, 0.4) is 0 Å². The summed E-state index contributed by atoms with van der Waals surface area (Å²) in [6.45, 7) is 5.33. The van der Waals surface area contributed by atoms with Crippen LogP contribution in [-0.2, 0) is 10.0 Å². The molecule has 1 fully saturated rings. The van der Waals surface area contributed by atoms with Crippen molar-refractivity contribution in [2.75, 3.05) is 25.4 Å². The molecule has 1 aliphatic rings. The summed E-state index contributed by atoms with van der Waals surface area (Å²) in [5.74, 6) is 0.911.